The SMILES string of the molecule is CC(C)CNCC(C(C)C)N1CCN(C)c2ccccc21. The Morgan fingerprint density at radius 2 is 1.67 bits per heavy atom. The average molecular weight is 289 g/mol. The summed E-state index contributed by atoms with van der Waals surface area (Å²) in [5.41, 5.74) is 2.74. The average Bonchev–Trinajstić information content (AvgIpc) is 2.45. The first-order valence-corrected chi connectivity index (χ1v) is 8.28. The van der Waals surface area contributed by atoms with E-state index in [0.29, 0.717) is 17.9 Å². The number of hydrogen-bond acceptors (Lipinski definition) is 3. The van der Waals surface area contributed by atoms with E-state index < -0.39 is 0 Å². The molecule has 118 valence electrons. The molecule has 1 N–H and O–H groups in total. The molecule has 0 saturated carbocycles. The van der Waals surface area contributed by atoms with Gasteiger partial charge >= 0.3 is 0 Å². The highest BCUT2D eigenvalue weighted by Crippen LogP contribution is 2.34. The number of benzene rings is 1. The highest BCUT2D eigenvalue weighted by molar-refractivity contribution is 5.73. The van der Waals surface area contributed by atoms with Crippen LogP contribution >= 0.6 is 0 Å². The van der Waals surface area contributed by atoms with Gasteiger partial charge in [-0.3, -0.25) is 0 Å². The molecule has 1 unspecified atom stereocenters. The van der Waals surface area contributed by atoms with E-state index in [4.69, 9.17) is 0 Å². The van der Waals surface area contributed by atoms with Crippen molar-refractivity contribution in [3.8, 4) is 0 Å². The van der Waals surface area contributed by atoms with E-state index in [9.17, 15) is 0 Å². The lowest BCUT2D eigenvalue weighted by molar-refractivity contribution is 0.411. The zero-order chi connectivity index (χ0) is 15.4. The van der Waals surface area contributed by atoms with Crippen molar-refractivity contribution >= 4 is 11.4 Å². The number of likely N-dealkylation sites (N-methyl/N-ethyl adjacent to an activating group) is 1. The first-order valence-electron chi connectivity index (χ1n) is 8.28. The molecule has 0 saturated heterocycles. The van der Waals surface area contributed by atoms with E-state index in [2.05, 4.69) is 74.1 Å². The molecule has 1 aromatic carbocycles. The Labute approximate surface area is 130 Å². The molecule has 0 bridgehead atoms. The quantitative estimate of drug-likeness (QED) is 0.867. The van der Waals surface area contributed by atoms with Gasteiger partial charge in [-0.2, -0.15) is 0 Å². The van der Waals surface area contributed by atoms with Crippen molar-refractivity contribution < 1.29 is 0 Å². The fraction of sp³-hybridized carbons (Fsp3) is 0.667. The molecule has 1 aliphatic heterocycles. The largest absolute Gasteiger partial charge is 0.371 e. The molecule has 1 atom stereocenters. The van der Waals surface area contributed by atoms with Crippen LogP contribution in [-0.2, 0) is 0 Å². The second kappa shape index (κ2) is 7.17. The minimum absolute atomic E-state index is 0.554. The van der Waals surface area contributed by atoms with Gasteiger partial charge in [0.25, 0.3) is 0 Å². The number of fused-ring (bicyclic) bond motifs is 1. The molecule has 21 heavy (non-hydrogen) atoms. The topological polar surface area (TPSA) is 18.5 Å². The summed E-state index contributed by atoms with van der Waals surface area (Å²) in [5.74, 6) is 1.35. The number of rotatable bonds is 6. The second-order valence-electron chi connectivity index (χ2n) is 6.97. The molecule has 1 aliphatic rings. The van der Waals surface area contributed by atoms with Crippen molar-refractivity contribution in [3.05, 3.63) is 24.3 Å². The Morgan fingerprint density at radius 1 is 1.00 bits per heavy atom. The van der Waals surface area contributed by atoms with Gasteiger partial charge in [0.2, 0.25) is 0 Å². The maximum Gasteiger partial charge on any atom is 0.0607 e. The second-order valence-corrected chi connectivity index (χ2v) is 6.97. The van der Waals surface area contributed by atoms with E-state index in [1.54, 1.807) is 0 Å². The Kier molecular flexibility index (Phi) is 5.51. The molecule has 1 aromatic rings. The minimum Gasteiger partial charge on any atom is -0.371 e. The highest BCUT2D eigenvalue weighted by Gasteiger charge is 2.27. The zero-order valence-electron chi connectivity index (χ0n) is 14.3. The van der Waals surface area contributed by atoms with Gasteiger partial charge in [0, 0.05) is 32.7 Å². The molecule has 0 spiro atoms. The number of nitrogens with one attached hydrogen (secondary N) is 1. The van der Waals surface area contributed by atoms with Crippen molar-refractivity contribution in [2.45, 2.75) is 33.7 Å². The lowest BCUT2D eigenvalue weighted by Crippen LogP contribution is -2.51. The zero-order valence-corrected chi connectivity index (χ0v) is 14.3. The molecule has 3 heteroatoms. The summed E-state index contributed by atoms with van der Waals surface area (Å²) >= 11 is 0. The number of hydrogen-bond donors (Lipinski definition) is 1. The lowest BCUT2D eigenvalue weighted by Gasteiger charge is -2.43. The van der Waals surface area contributed by atoms with Crippen molar-refractivity contribution in [1.29, 1.82) is 0 Å². The smallest absolute Gasteiger partial charge is 0.0607 e. The number of para-hydroxylation sites is 2. The Balaban J connectivity index is 2.15. The molecule has 1 heterocycles. The van der Waals surface area contributed by atoms with Crippen LogP contribution < -0.4 is 15.1 Å². The standard InChI is InChI=1S/C18H31N3/c1-14(2)12-19-13-18(15(3)4)21-11-10-20(5)16-8-6-7-9-17(16)21/h6-9,14-15,18-19H,10-13H2,1-5H3. The van der Waals surface area contributed by atoms with E-state index in [1.807, 2.05) is 0 Å². The molecular weight excluding hydrogens is 258 g/mol. The molecule has 0 aliphatic carbocycles. The number of nitrogens with zero attached hydrogens (tertiary/aromatic N) is 2. The van der Waals surface area contributed by atoms with Gasteiger partial charge in [0.15, 0.2) is 0 Å². The third-order valence-electron chi connectivity index (χ3n) is 4.35. The van der Waals surface area contributed by atoms with Crippen LogP contribution in [0.5, 0.6) is 0 Å². The molecule has 2 rings (SSSR count). The summed E-state index contributed by atoms with van der Waals surface area (Å²) in [6.07, 6.45) is 0. The Hall–Kier alpha value is -1.22. The van der Waals surface area contributed by atoms with Crippen molar-refractivity contribution in [2.75, 3.05) is 43.0 Å². The van der Waals surface area contributed by atoms with Crippen LogP contribution in [0.3, 0.4) is 0 Å². The summed E-state index contributed by atoms with van der Waals surface area (Å²) in [5, 5.41) is 3.65. The molecule has 0 fully saturated rings. The van der Waals surface area contributed by atoms with Crippen molar-refractivity contribution in [1.82, 2.24) is 5.32 Å². The van der Waals surface area contributed by atoms with Gasteiger partial charge in [-0.1, -0.05) is 39.8 Å². The van der Waals surface area contributed by atoms with Crippen LogP contribution in [0.2, 0.25) is 0 Å². The Morgan fingerprint density at radius 3 is 2.29 bits per heavy atom. The normalized spacial score (nSPS) is 16.5. The fourth-order valence-corrected chi connectivity index (χ4v) is 3.10. The third-order valence-corrected chi connectivity index (χ3v) is 4.35. The van der Waals surface area contributed by atoms with Crippen LogP contribution in [0.25, 0.3) is 0 Å². The first kappa shape index (κ1) is 16.2. The van der Waals surface area contributed by atoms with E-state index in [1.165, 1.54) is 11.4 Å². The van der Waals surface area contributed by atoms with Crippen LogP contribution in [0.1, 0.15) is 27.7 Å². The highest BCUT2D eigenvalue weighted by atomic mass is 15.3. The summed E-state index contributed by atoms with van der Waals surface area (Å²) in [6, 6.07) is 9.35. The van der Waals surface area contributed by atoms with Gasteiger partial charge in [-0.15, -0.1) is 0 Å². The van der Waals surface area contributed by atoms with Gasteiger partial charge in [0.1, 0.15) is 0 Å². The van der Waals surface area contributed by atoms with Crippen LogP contribution in [-0.4, -0.2) is 39.3 Å². The molecule has 3 nitrogen and oxygen atoms in total. The van der Waals surface area contributed by atoms with Crippen LogP contribution in [0.15, 0.2) is 24.3 Å². The Bertz CT molecular complexity index is 442. The number of anilines is 2. The van der Waals surface area contributed by atoms with Crippen molar-refractivity contribution in [3.63, 3.8) is 0 Å². The molecule has 0 aromatic heterocycles. The van der Waals surface area contributed by atoms with Crippen molar-refractivity contribution in [2.24, 2.45) is 11.8 Å². The minimum atomic E-state index is 0.554. The van der Waals surface area contributed by atoms with E-state index in [-0.39, 0.29) is 0 Å². The fourth-order valence-electron chi connectivity index (χ4n) is 3.10. The summed E-state index contributed by atoms with van der Waals surface area (Å²) < 4.78 is 0. The third kappa shape index (κ3) is 3.91. The van der Waals surface area contributed by atoms with Gasteiger partial charge < -0.3 is 15.1 Å². The van der Waals surface area contributed by atoms with Gasteiger partial charge in [-0.05, 0) is 30.5 Å². The molecule has 0 amide bonds. The maximum absolute atomic E-state index is 3.65. The summed E-state index contributed by atoms with van der Waals surface area (Å²) in [6.45, 7) is 13.6. The molecule has 0 radical (unpaired) electrons. The van der Waals surface area contributed by atoms with Gasteiger partial charge in [-0.25, -0.2) is 0 Å². The predicted octanol–water partition coefficient (Wildman–Crippen LogP) is 3.21. The monoisotopic (exact) mass is 289 g/mol. The summed E-state index contributed by atoms with van der Waals surface area (Å²) in [7, 11) is 2.19. The van der Waals surface area contributed by atoms with E-state index >= 15 is 0 Å². The maximum atomic E-state index is 3.65. The van der Waals surface area contributed by atoms with Crippen LogP contribution in [0.4, 0.5) is 11.4 Å². The predicted molar refractivity (Wildman–Crippen MR) is 93.4 cm³/mol. The van der Waals surface area contributed by atoms with Crippen LogP contribution in [0, 0.1) is 11.8 Å². The van der Waals surface area contributed by atoms with E-state index in [0.717, 1.165) is 26.2 Å². The van der Waals surface area contributed by atoms with Gasteiger partial charge in [0.05, 0.1) is 11.4 Å². The lowest BCUT2D eigenvalue weighted by atomic mass is 9.99. The summed E-state index contributed by atoms with van der Waals surface area (Å²) in [4.78, 5) is 4.97. The first-order chi connectivity index (χ1) is 10.0. The molecular formula is C18H31N3.